The molecular weight excluding hydrogens is 220 g/mol. The van der Waals surface area contributed by atoms with Crippen molar-refractivity contribution >= 4 is 11.8 Å². The van der Waals surface area contributed by atoms with E-state index in [0.717, 1.165) is 0 Å². The molecule has 0 saturated heterocycles. The van der Waals surface area contributed by atoms with Crippen molar-refractivity contribution in [2.75, 3.05) is 0 Å². The number of Topliss-reactive ketones (excluding diaryl/α,β-unsaturated/α-hetero) is 1. The van der Waals surface area contributed by atoms with Crippen molar-refractivity contribution in [3.8, 4) is 0 Å². The molecule has 0 amide bonds. The summed E-state index contributed by atoms with van der Waals surface area (Å²) in [5.74, 6) is -2.38. The average Bonchev–Trinajstić information content (AvgIpc) is 2.74. The Morgan fingerprint density at radius 1 is 1.24 bits per heavy atom. The van der Waals surface area contributed by atoms with Gasteiger partial charge in [0.25, 0.3) is 0 Å². The van der Waals surface area contributed by atoms with Crippen molar-refractivity contribution in [2.24, 2.45) is 11.8 Å². The molecule has 5 nitrogen and oxygen atoms in total. The fourth-order valence-electron chi connectivity index (χ4n) is 1.58. The quantitative estimate of drug-likeness (QED) is 0.796. The summed E-state index contributed by atoms with van der Waals surface area (Å²) in [4.78, 5) is 27.0. The molecule has 1 heterocycles. The van der Waals surface area contributed by atoms with Gasteiger partial charge in [0, 0.05) is 12.0 Å². The number of carboxylic acid groups (broad SMARTS) is 1. The fraction of sp³-hybridized carbons (Fsp3) is 0.583. The standard InChI is InChI=1S/C12H18N2O3/c1-7(2)14-6-13-5-10(14)11(15)8(3)9(4)12(16)17/h5-9H,1-4H3,(H,16,17). The second-order valence-corrected chi connectivity index (χ2v) is 4.56. The van der Waals surface area contributed by atoms with Crippen LogP contribution in [0.2, 0.25) is 0 Å². The molecule has 0 aliphatic rings. The van der Waals surface area contributed by atoms with E-state index in [1.807, 2.05) is 13.8 Å². The minimum atomic E-state index is -0.957. The van der Waals surface area contributed by atoms with Crippen LogP contribution in [-0.2, 0) is 4.79 Å². The average molecular weight is 238 g/mol. The third kappa shape index (κ3) is 2.72. The molecular formula is C12H18N2O3. The number of hydrogen-bond acceptors (Lipinski definition) is 3. The molecule has 0 bridgehead atoms. The van der Waals surface area contributed by atoms with Crippen molar-refractivity contribution in [2.45, 2.75) is 33.7 Å². The molecule has 0 aromatic carbocycles. The van der Waals surface area contributed by atoms with E-state index in [0.29, 0.717) is 5.69 Å². The number of aromatic nitrogens is 2. The molecule has 94 valence electrons. The zero-order chi connectivity index (χ0) is 13.2. The summed E-state index contributed by atoms with van der Waals surface area (Å²) >= 11 is 0. The van der Waals surface area contributed by atoms with Crippen LogP contribution >= 0.6 is 0 Å². The number of imidazole rings is 1. The minimum Gasteiger partial charge on any atom is -0.481 e. The van der Waals surface area contributed by atoms with Crippen molar-refractivity contribution in [3.63, 3.8) is 0 Å². The van der Waals surface area contributed by atoms with Crippen LogP contribution in [0.25, 0.3) is 0 Å². The van der Waals surface area contributed by atoms with Gasteiger partial charge in [0.05, 0.1) is 18.4 Å². The molecule has 2 atom stereocenters. The summed E-state index contributed by atoms with van der Waals surface area (Å²) in [6, 6.07) is 0.129. The van der Waals surface area contributed by atoms with Gasteiger partial charge in [0.1, 0.15) is 5.69 Å². The van der Waals surface area contributed by atoms with Crippen molar-refractivity contribution in [3.05, 3.63) is 18.2 Å². The zero-order valence-electron chi connectivity index (χ0n) is 10.5. The maximum atomic E-state index is 12.2. The highest BCUT2D eigenvalue weighted by Gasteiger charge is 2.28. The third-order valence-electron chi connectivity index (χ3n) is 3.03. The van der Waals surface area contributed by atoms with Crippen LogP contribution in [0.5, 0.6) is 0 Å². The molecule has 5 heteroatoms. The van der Waals surface area contributed by atoms with Gasteiger partial charge in [-0.05, 0) is 13.8 Å². The van der Waals surface area contributed by atoms with E-state index >= 15 is 0 Å². The van der Waals surface area contributed by atoms with Crippen LogP contribution in [0.1, 0.15) is 44.2 Å². The fourth-order valence-corrected chi connectivity index (χ4v) is 1.58. The molecule has 1 aromatic heterocycles. The van der Waals surface area contributed by atoms with E-state index in [2.05, 4.69) is 4.98 Å². The lowest BCUT2D eigenvalue weighted by atomic mass is 9.90. The van der Waals surface area contributed by atoms with E-state index in [4.69, 9.17) is 5.11 Å². The monoisotopic (exact) mass is 238 g/mol. The lowest BCUT2D eigenvalue weighted by Crippen LogP contribution is -2.27. The van der Waals surface area contributed by atoms with Gasteiger partial charge in [-0.15, -0.1) is 0 Å². The zero-order valence-corrected chi connectivity index (χ0v) is 10.5. The molecule has 1 N–H and O–H groups in total. The Labute approximate surface area is 100 Å². The molecule has 0 spiro atoms. The molecule has 0 radical (unpaired) electrons. The number of carbonyl (C=O) groups is 2. The van der Waals surface area contributed by atoms with Gasteiger partial charge in [0.2, 0.25) is 0 Å². The normalized spacial score (nSPS) is 14.6. The first-order valence-electron chi connectivity index (χ1n) is 5.65. The topological polar surface area (TPSA) is 72.2 Å². The Kier molecular flexibility index (Phi) is 4.04. The van der Waals surface area contributed by atoms with E-state index in [9.17, 15) is 9.59 Å². The number of hydrogen-bond donors (Lipinski definition) is 1. The summed E-state index contributed by atoms with van der Waals surface area (Å²) in [7, 11) is 0. The predicted octanol–water partition coefficient (Wildman–Crippen LogP) is 2.00. The van der Waals surface area contributed by atoms with Crippen LogP contribution in [0.3, 0.4) is 0 Å². The smallest absolute Gasteiger partial charge is 0.306 e. The number of carboxylic acids is 1. The van der Waals surface area contributed by atoms with Gasteiger partial charge in [-0.25, -0.2) is 4.98 Å². The number of nitrogens with zero attached hydrogens (tertiary/aromatic N) is 2. The van der Waals surface area contributed by atoms with Crippen LogP contribution < -0.4 is 0 Å². The highest BCUT2D eigenvalue weighted by molar-refractivity contribution is 5.98. The largest absolute Gasteiger partial charge is 0.481 e. The maximum Gasteiger partial charge on any atom is 0.306 e. The van der Waals surface area contributed by atoms with E-state index in [1.165, 1.54) is 6.20 Å². The Balaban J connectivity index is 2.96. The molecule has 0 saturated carbocycles. The number of rotatable bonds is 5. The predicted molar refractivity (Wildman–Crippen MR) is 62.9 cm³/mol. The summed E-state index contributed by atoms with van der Waals surface area (Å²) in [5, 5.41) is 8.90. The lowest BCUT2D eigenvalue weighted by molar-refractivity contribution is -0.142. The molecule has 1 rings (SSSR count). The van der Waals surface area contributed by atoms with Crippen molar-refractivity contribution in [1.82, 2.24) is 9.55 Å². The van der Waals surface area contributed by atoms with Crippen LogP contribution in [-0.4, -0.2) is 26.4 Å². The summed E-state index contributed by atoms with van der Waals surface area (Å²) in [6.07, 6.45) is 3.09. The van der Waals surface area contributed by atoms with Crippen molar-refractivity contribution in [1.29, 1.82) is 0 Å². The molecule has 0 fully saturated rings. The summed E-state index contributed by atoms with van der Waals surface area (Å²) < 4.78 is 1.76. The Bertz CT molecular complexity index is 423. The number of aliphatic carboxylic acids is 1. The van der Waals surface area contributed by atoms with Gasteiger partial charge < -0.3 is 9.67 Å². The number of carbonyl (C=O) groups excluding carboxylic acids is 1. The first-order chi connectivity index (χ1) is 7.86. The third-order valence-corrected chi connectivity index (χ3v) is 3.03. The van der Waals surface area contributed by atoms with Gasteiger partial charge in [-0.2, -0.15) is 0 Å². The Morgan fingerprint density at radius 2 is 1.82 bits per heavy atom. The second-order valence-electron chi connectivity index (χ2n) is 4.56. The SMILES string of the molecule is CC(C(=O)O)C(C)C(=O)c1cncn1C(C)C. The Hall–Kier alpha value is -1.65. The molecule has 1 aromatic rings. The molecule has 0 aliphatic carbocycles. The second kappa shape index (κ2) is 5.12. The van der Waals surface area contributed by atoms with Gasteiger partial charge in [0.15, 0.2) is 5.78 Å². The Morgan fingerprint density at radius 3 is 2.29 bits per heavy atom. The molecule has 0 aliphatic heterocycles. The minimum absolute atomic E-state index is 0.129. The van der Waals surface area contributed by atoms with Gasteiger partial charge >= 0.3 is 5.97 Å². The van der Waals surface area contributed by atoms with Crippen LogP contribution in [0.4, 0.5) is 0 Å². The van der Waals surface area contributed by atoms with E-state index < -0.39 is 17.8 Å². The van der Waals surface area contributed by atoms with Gasteiger partial charge in [-0.1, -0.05) is 13.8 Å². The first-order valence-corrected chi connectivity index (χ1v) is 5.65. The van der Waals surface area contributed by atoms with E-state index in [-0.39, 0.29) is 11.8 Å². The summed E-state index contributed by atoms with van der Waals surface area (Å²) in [6.45, 7) is 7.08. The summed E-state index contributed by atoms with van der Waals surface area (Å²) in [5.41, 5.74) is 0.473. The molecule has 2 unspecified atom stereocenters. The maximum absolute atomic E-state index is 12.2. The number of ketones is 1. The van der Waals surface area contributed by atoms with Gasteiger partial charge in [-0.3, -0.25) is 9.59 Å². The van der Waals surface area contributed by atoms with Crippen LogP contribution in [0.15, 0.2) is 12.5 Å². The highest BCUT2D eigenvalue weighted by atomic mass is 16.4. The highest BCUT2D eigenvalue weighted by Crippen LogP contribution is 2.19. The van der Waals surface area contributed by atoms with Crippen LogP contribution in [0, 0.1) is 11.8 Å². The lowest BCUT2D eigenvalue weighted by Gasteiger charge is -2.17. The van der Waals surface area contributed by atoms with E-state index in [1.54, 1.807) is 24.7 Å². The van der Waals surface area contributed by atoms with Crippen molar-refractivity contribution < 1.29 is 14.7 Å². The first kappa shape index (κ1) is 13.4. The molecule has 17 heavy (non-hydrogen) atoms.